The van der Waals surface area contributed by atoms with Crippen molar-refractivity contribution in [3.05, 3.63) is 34.3 Å². The van der Waals surface area contributed by atoms with Gasteiger partial charge in [-0.2, -0.15) is 13.2 Å². The van der Waals surface area contributed by atoms with Crippen LogP contribution in [-0.2, 0) is 70.1 Å². The molecule has 6 aliphatic rings. The Kier molecular flexibility index (Phi) is 28.5. The van der Waals surface area contributed by atoms with E-state index >= 15 is 28.8 Å². The van der Waals surface area contributed by atoms with Crippen LogP contribution in [0.2, 0.25) is 5.02 Å². The van der Waals surface area contributed by atoms with E-state index in [1.54, 1.807) is 25.7 Å². The lowest BCUT2D eigenvalue weighted by atomic mass is 9.84. The Bertz CT molecular complexity index is 3170. The van der Waals surface area contributed by atoms with E-state index in [4.69, 9.17) is 11.6 Å². The van der Waals surface area contributed by atoms with Crippen molar-refractivity contribution in [1.29, 1.82) is 0 Å². The number of likely N-dealkylation sites (N-methyl/N-ethyl adjacent to an activating group) is 6. The third kappa shape index (κ3) is 19.4. The van der Waals surface area contributed by atoms with Crippen molar-refractivity contribution < 1.29 is 70.7 Å². The molecule has 4 heterocycles. The van der Waals surface area contributed by atoms with Gasteiger partial charge in [0.05, 0.1) is 23.6 Å². The third-order valence-corrected chi connectivity index (χ3v) is 22.8. The highest BCUT2D eigenvalue weighted by Gasteiger charge is 2.52. The number of fused-ring (bicyclic) bond motifs is 2. The second-order valence-corrected chi connectivity index (χ2v) is 30.7. The number of amides is 12. The van der Waals surface area contributed by atoms with E-state index in [0.717, 1.165) is 55.6 Å². The smallest absolute Gasteiger partial charge is 0.343 e. The van der Waals surface area contributed by atoms with Gasteiger partial charge < -0.3 is 60.0 Å². The highest BCUT2D eigenvalue weighted by Crippen LogP contribution is 2.38. The number of carbonyl (C=O) groups excluding carboxylic acids is 12. The van der Waals surface area contributed by atoms with Crippen LogP contribution in [0.25, 0.3) is 0 Å². The number of alkyl halides is 3. The minimum absolute atomic E-state index is 0.0227. The molecular weight excluding hydrogens is 1330 g/mol. The maximum absolute atomic E-state index is 15.5. The predicted octanol–water partition coefficient (Wildman–Crippen LogP) is 6.42. The molecule has 0 bridgehead atoms. The molecule has 12 amide bonds. The third-order valence-electron chi connectivity index (χ3n) is 22.5. The van der Waals surface area contributed by atoms with Crippen LogP contribution < -0.4 is 16.0 Å². The van der Waals surface area contributed by atoms with Crippen LogP contribution in [-0.4, -0.2) is 250 Å². The van der Waals surface area contributed by atoms with Gasteiger partial charge in [0.2, 0.25) is 70.9 Å². The minimum atomic E-state index is -4.76. The zero-order valence-corrected chi connectivity index (χ0v) is 62.5. The summed E-state index contributed by atoms with van der Waals surface area (Å²) in [7, 11) is 8.63. The summed E-state index contributed by atoms with van der Waals surface area (Å²) in [6.07, 6.45) is 4.27. The summed E-state index contributed by atoms with van der Waals surface area (Å²) in [6, 6.07) is -7.82. The van der Waals surface area contributed by atoms with Gasteiger partial charge in [-0.25, -0.2) is 0 Å². The van der Waals surface area contributed by atoms with Crippen LogP contribution >= 0.6 is 11.6 Å². The fourth-order valence-corrected chi connectivity index (χ4v) is 15.9. The Morgan fingerprint density at radius 1 is 0.634 bits per heavy atom. The highest BCUT2D eigenvalue weighted by molar-refractivity contribution is 6.31. The molecule has 0 aromatic heterocycles. The van der Waals surface area contributed by atoms with Gasteiger partial charge in [0, 0.05) is 68.5 Å². The molecule has 7 rings (SSSR count). The average molecular weight is 1440 g/mol. The maximum Gasteiger partial charge on any atom is 0.417 e. The number of benzene rings is 1. The van der Waals surface area contributed by atoms with Gasteiger partial charge in [-0.05, 0) is 132 Å². The minimum Gasteiger partial charge on any atom is -0.343 e. The van der Waals surface area contributed by atoms with Crippen molar-refractivity contribution in [3.63, 3.8) is 0 Å². The fourth-order valence-electron chi connectivity index (χ4n) is 15.6. The van der Waals surface area contributed by atoms with Gasteiger partial charge in [-0.15, -0.1) is 0 Å². The van der Waals surface area contributed by atoms with Crippen molar-refractivity contribution in [1.82, 2.24) is 60.0 Å². The van der Waals surface area contributed by atoms with Crippen LogP contribution in [0, 0.1) is 23.7 Å². The van der Waals surface area contributed by atoms with Crippen LogP contribution in [0.1, 0.15) is 194 Å². The molecule has 24 nitrogen and oxygen atoms in total. The predicted molar refractivity (Wildman–Crippen MR) is 374 cm³/mol. The molecule has 1 aromatic carbocycles. The van der Waals surface area contributed by atoms with Gasteiger partial charge in [0.25, 0.3) is 0 Å². The van der Waals surface area contributed by atoms with Gasteiger partial charge in [0.15, 0.2) is 0 Å². The molecule has 4 saturated heterocycles. The lowest BCUT2D eigenvalue weighted by Gasteiger charge is -2.45. The van der Waals surface area contributed by atoms with E-state index in [9.17, 15) is 41.9 Å². The van der Waals surface area contributed by atoms with Crippen LogP contribution in [0.5, 0.6) is 0 Å². The van der Waals surface area contributed by atoms with Gasteiger partial charge >= 0.3 is 6.18 Å². The Morgan fingerprint density at radius 3 is 1.85 bits per heavy atom. The van der Waals surface area contributed by atoms with E-state index in [-0.39, 0.29) is 76.3 Å². The number of likely N-dealkylation sites (tertiary alicyclic amines) is 1. The number of carbonyl (C=O) groups is 12. The van der Waals surface area contributed by atoms with Gasteiger partial charge in [-0.1, -0.05) is 111 Å². The van der Waals surface area contributed by atoms with E-state index < -0.39 is 172 Å². The normalized spacial score (nSPS) is 27.7. The number of aryl methyl sites for hydroxylation is 1. The molecule has 564 valence electrons. The molecule has 1 aromatic rings. The highest BCUT2D eigenvalue weighted by atomic mass is 35.5. The van der Waals surface area contributed by atoms with E-state index in [1.807, 2.05) is 20.8 Å². The first kappa shape index (κ1) is 81.2. The fraction of sp³-hybridized carbons (Fsp3) is 0.753. The van der Waals surface area contributed by atoms with Crippen LogP contribution in [0.4, 0.5) is 13.2 Å². The molecule has 2 saturated carbocycles. The first-order chi connectivity index (χ1) is 47.5. The Labute approximate surface area is 599 Å². The first-order valence-corrected chi connectivity index (χ1v) is 37.2. The zero-order valence-electron chi connectivity index (χ0n) is 61.8. The van der Waals surface area contributed by atoms with Crippen molar-refractivity contribution in [2.24, 2.45) is 23.7 Å². The second-order valence-electron chi connectivity index (χ2n) is 30.3. The average Bonchev–Trinajstić information content (AvgIpc) is 1.76. The van der Waals surface area contributed by atoms with Crippen LogP contribution in [0.3, 0.4) is 0 Å². The summed E-state index contributed by atoms with van der Waals surface area (Å²) in [5, 5.41) is 8.19. The summed E-state index contributed by atoms with van der Waals surface area (Å²) in [5.41, 5.74) is -2.35. The standard InChI is InChI=1S/C73H112ClF3N12O12/c1-14-46(6)60-69(99)82(9)47(7)64(94)89-39-33-55(89)67(97)84(11)56(41-48-24-17-15-18-25-48)66(96)81(8)43-58(90)78-52(31-29-49-28-30-50(51(74)40-49)73(75,76)77)65(95)88-38-23-26-54(88)63(93)80-72(34-19-20-35-72)71(101)86(13)61(45(4)5)70(100)85(12)57(68(98)87-36-21-16-22-37-87)42-59(91)83(10)53(62(92)79-60)32-27-44(2)3/h28,30,40,44-48,52-57,60-61H,14-27,29,31-39,41-43H2,1-13H3,(H,78,90)(H,79,92)(H,80,93)/t46-,47-,52-,53-,54-,55-,56-,57-,60-,61-/m0/s1. The number of piperidine rings is 1. The molecule has 3 N–H and O–H groups in total. The Morgan fingerprint density at radius 2 is 1.27 bits per heavy atom. The Balaban J connectivity index is 1.29. The molecule has 10 atom stereocenters. The topological polar surface area (TPSA) is 270 Å². The number of nitrogens with zero attached hydrogens (tertiary/aromatic N) is 9. The van der Waals surface area contributed by atoms with E-state index in [2.05, 4.69) is 16.0 Å². The van der Waals surface area contributed by atoms with E-state index in [0.29, 0.717) is 63.6 Å². The summed E-state index contributed by atoms with van der Waals surface area (Å²) in [5.74, 6) is -8.61. The molecule has 1 spiro atoms. The quantitative estimate of drug-likeness (QED) is 0.205. The van der Waals surface area contributed by atoms with Crippen molar-refractivity contribution in [3.8, 4) is 0 Å². The Hall–Kier alpha value is -7.06. The van der Waals surface area contributed by atoms with Gasteiger partial charge in [0.1, 0.15) is 59.9 Å². The number of hydrogen-bond donors (Lipinski definition) is 3. The van der Waals surface area contributed by atoms with Crippen molar-refractivity contribution >= 4 is 82.5 Å². The SMILES string of the molecule is CC[C@H](C)[C@@H]1NC(=O)[C@H](CCC(C)C)N(C)C(=O)C[C@@H](C(=O)N2CCCCC2)N(C)C(=O)[C@H](C(C)C)N(C)C(=O)C2(CCCC2)NC(=O)[C@@H]2CCCN2C(=O)[C@H](CCc2ccc(C(F)(F)F)c(Cl)c2)NC(=O)CN(C)C(=O)[C@H](CC2CCCCC2)N(C)C(=O)[C@@H]2CCN2C(=O)[C@H](C)N(C)C1=O. The monoisotopic (exact) mass is 1440 g/mol. The molecule has 0 unspecified atom stereocenters. The molecule has 28 heteroatoms. The first-order valence-electron chi connectivity index (χ1n) is 36.8. The number of nitrogens with one attached hydrogen (secondary N) is 3. The summed E-state index contributed by atoms with van der Waals surface area (Å²) >= 11 is 6.16. The number of rotatable bonds is 12. The molecule has 4 aliphatic heterocycles. The molecule has 101 heavy (non-hydrogen) atoms. The van der Waals surface area contributed by atoms with Gasteiger partial charge in [-0.3, -0.25) is 57.5 Å². The molecule has 6 fully saturated rings. The zero-order chi connectivity index (χ0) is 74.7. The van der Waals surface area contributed by atoms with Crippen molar-refractivity contribution in [2.45, 2.75) is 256 Å². The maximum atomic E-state index is 15.5. The summed E-state index contributed by atoms with van der Waals surface area (Å²) < 4.78 is 41.6. The number of halogens is 4. The lowest BCUT2D eigenvalue weighted by Crippen LogP contribution is -2.65. The van der Waals surface area contributed by atoms with Crippen LogP contribution in [0.15, 0.2) is 18.2 Å². The molecule has 2 aliphatic carbocycles. The number of hydrogen-bond acceptors (Lipinski definition) is 12. The largest absolute Gasteiger partial charge is 0.417 e. The molecular formula is C73H112ClF3N12O12. The lowest BCUT2D eigenvalue weighted by molar-refractivity contribution is -0.160. The summed E-state index contributed by atoms with van der Waals surface area (Å²) in [4.78, 5) is 192. The second kappa shape index (κ2) is 35.4. The van der Waals surface area contributed by atoms with E-state index in [1.165, 1.54) is 89.6 Å². The summed E-state index contributed by atoms with van der Waals surface area (Å²) in [6.45, 7) is 12.8. The van der Waals surface area contributed by atoms with Crippen molar-refractivity contribution in [2.75, 3.05) is 75.0 Å². The molecule has 0 radical (unpaired) electrons.